The van der Waals surface area contributed by atoms with Gasteiger partial charge in [0.2, 0.25) is 0 Å². The van der Waals surface area contributed by atoms with Crippen molar-refractivity contribution in [3.05, 3.63) is 59.7 Å². The SMILES string of the molecule is COCCOc1cccc(NCc2ccc(CO)cc2)c1. The second kappa shape index (κ2) is 8.29. The summed E-state index contributed by atoms with van der Waals surface area (Å²) in [6.45, 7) is 1.93. The minimum absolute atomic E-state index is 0.0779. The fourth-order valence-corrected chi connectivity index (χ4v) is 1.91. The molecule has 4 heteroatoms. The van der Waals surface area contributed by atoms with E-state index >= 15 is 0 Å². The van der Waals surface area contributed by atoms with E-state index in [-0.39, 0.29) is 6.61 Å². The van der Waals surface area contributed by atoms with E-state index in [9.17, 15) is 0 Å². The molecule has 2 aromatic carbocycles. The lowest BCUT2D eigenvalue weighted by Crippen LogP contribution is -2.05. The van der Waals surface area contributed by atoms with Gasteiger partial charge in [-0.15, -0.1) is 0 Å². The van der Waals surface area contributed by atoms with Gasteiger partial charge in [0.05, 0.1) is 13.2 Å². The maximum Gasteiger partial charge on any atom is 0.121 e. The monoisotopic (exact) mass is 287 g/mol. The van der Waals surface area contributed by atoms with Crippen LogP contribution in [0.1, 0.15) is 11.1 Å². The van der Waals surface area contributed by atoms with Gasteiger partial charge in [0, 0.05) is 25.4 Å². The van der Waals surface area contributed by atoms with Crippen molar-refractivity contribution in [3.63, 3.8) is 0 Å². The zero-order chi connectivity index (χ0) is 14.9. The number of aliphatic hydroxyl groups excluding tert-OH is 1. The molecule has 0 saturated carbocycles. The number of anilines is 1. The van der Waals surface area contributed by atoms with E-state index in [1.807, 2.05) is 48.5 Å². The van der Waals surface area contributed by atoms with Crippen molar-refractivity contribution in [2.24, 2.45) is 0 Å². The van der Waals surface area contributed by atoms with E-state index in [2.05, 4.69) is 5.32 Å². The molecule has 0 aliphatic carbocycles. The Bertz CT molecular complexity index is 540. The Labute approximate surface area is 125 Å². The Morgan fingerprint density at radius 2 is 1.76 bits per heavy atom. The number of hydrogen-bond donors (Lipinski definition) is 2. The number of methoxy groups -OCH3 is 1. The third-order valence-electron chi connectivity index (χ3n) is 3.09. The molecule has 0 atom stereocenters. The summed E-state index contributed by atoms with van der Waals surface area (Å²) in [6, 6.07) is 15.7. The number of rotatable bonds is 8. The first-order valence-electron chi connectivity index (χ1n) is 6.96. The summed E-state index contributed by atoms with van der Waals surface area (Å²) in [4.78, 5) is 0. The van der Waals surface area contributed by atoms with E-state index in [4.69, 9.17) is 14.6 Å². The molecule has 0 aliphatic rings. The second-order valence-electron chi connectivity index (χ2n) is 4.70. The van der Waals surface area contributed by atoms with Crippen molar-refractivity contribution in [1.29, 1.82) is 0 Å². The van der Waals surface area contributed by atoms with Crippen LogP contribution in [-0.4, -0.2) is 25.4 Å². The van der Waals surface area contributed by atoms with Gasteiger partial charge in [-0.2, -0.15) is 0 Å². The van der Waals surface area contributed by atoms with Crippen LogP contribution >= 0.6 is 0 Å². The van der Waals surface area contributed by atoms with Crippen molar-refractivity contribution in [1.82, 2.24) is 0 Å². The molecule has 21 heavy (non-hydrogen) atoms. The summed E-state index contributed by atoms with van der Waals surface area (Å²) in [5, 5.41) is 12.4. The van der Waals surface area contributed by atoms with Crippen LogP contribution in [0.3, 0.4) is 0 Å². The number of aliphatic hydroxyl groups is 1. The molecular weight excluding hydrogens is 266 g/mol. The van der Waals surface area contributed by atoms with Crippen molar-refractivity contribution in [2.45, 2.75) is 13.2 Å². The minimum atomic E-state index is 0.0779. The smallest absolute Gasteiger partial charge is 0.121 e. The second-order valence-corrected chi connectivity index (χ2v) is 4.70. The zero-order valence-corrected chi connectivity index (χ0v) is 12.2. The third kappa shape index (κ3) is 5.10. The Morgan fingerprint density at radius 3 is 2.48 bits per heavy atom. The van der Waals surface area contributed by atoms with Gasteiger partial charge in [0.15, 0.2) is 0 Å². The average Bonchev–Trinajstić information content (AvgIpc) is 2.54. The number of benzene rings is 2. The van der Waals surface area contributed by atoms with Crippen molar-refractivity contribution >= 4 is 5.69 Å². The van der Waals surface area contributed by atoms with Crippen LogP contribution in [0.4, 0.5) is 5.69 Å². The maximum atomic E-state index is 9.02. The van der Waals surface area contributed by atoms with E-state index in [1.165, 1.54) is 0 Å². The van der Waals surface area contributed by atoms with Gasteiger partial charge in [-0.05, 0) is 23.3 Å². The first-order valence-corrected chi connectivity index (χ1v) is 6.96. The Morgan fingerprint density at radius 1 is 1.00 bits per heavy atom. The zero-order valence-electron chi connectivity index (χ0n) is 12.2. The number of nitrogens with one attached hydrogen (secondary N) is 1. The molecule has 112 valence electrons. The minimum Gasteiger partial charge on any atom is -0.491 e. The third-order valence-corrected chi connectivity index (χ3v) is 3.09. The van der Waals surface area contributed by atoms with E-state index < -0.39 is 0 Å². The lowest BCUT2D eigenvalue weighted by atomic mass is 10.1. The molecule has 2 rings (SSSR count). The molecule has 0 spiro atoms. The van der Waals surface area contributed by atoms with Crippen molar-refractivity contribution < 1.29 is 14.6 Å². The average molecular weight is 287 g/mol. The van der Waals surface area contributed by atoms with Gasteiger partial charge < -0.3 is 19.9 Å². The Hall–Kier alpha value is -2.04. The first-order chi connectivity index (χ1) is 10.3. The van der Waals surface area contributed by atoms with Crippen LogP contribution in [0.25, 0.3) is 0 Å². The van der Waals surface area contributed by atoms with Gasteiger partial charge >= 0.3 is 0 Å². The van der Waals surface area contributed by atoms with Crippen LogP contribution < -0.4 is 10.1 Å². The normalized spacial score (nSPS) is 10.4. The van der Waals surface area contributed by atoms with Crippen molar-refractivity contribution in [2.75, 3.05) is 25.6 Å². The largest absolute Gasteiger partial charge is 0.491 e. The number of ether oxygens (including phenoxy) is 2. The van der Waals surface area contributed by atoms with Gasteiger partial charge in [0.25, 0.3) is 0 Å². The first kappa shape index (κ1) is 15.4. The highest BCUT2D eigenvalue weighted by Crippen LogP contribution is 2.18. The highest BCUT2D eigenvalue weighted by molar-refractivity contribution is 5.48. The van der Waals surface area contributed by atoms with Crippen LogP contribution in [0.5, 0.6) is 5.75 Å². The summed E-state index contributed by atoms with van der Waals surface area (Å²) >= 11 is 0. The molecular formula is C17H21NO3. The lowest BCUT2D eigenvalue weighted by Gasteiger charge is -2.10. The van der Waals surface area contributed by atoms with Crippen LogP contribution in [0, 0.1) is 0 Å². The summed E-state index contributed by atoms with van der Waals surface area (Å²) in [5.41, 5.74) is 3.10. The molecule has 2 N–H and O–H groups in total. The molecule has 0 heterocycles. The molecule has 0 aliphatic heterocycles. The van der Waals surface area contributed by atoms with Crippen LogP contribution in [-0.2, 0) is 17.9 Å². The van der Waals surface area contributed by atoms with Crippen molar-refractivity contribution in [3.8, 4) is 5.75 Å². The molecule has 0 aromatic heterocycles. The summed E-state index contributed by atoms with van der Waals surface area (Å²) in [5.74, 6) is 0.827. The molecule has 0 amide bonds. The van der Waals surface area contributed by atoms with E-state index in [0.29, 0.717) is 13.2 Å². The molecule has 0 unspecified atom stereocenters. The van der Waals surface area contributed by atoms with Gasteiger partial charge in [-0.3, -0.25) is 0 Å². The molecule has 0 radical (unpaired) electrons. The molecule has 2 aromatic rings. The summed E-state index contributed by atoms with van der Waals surface area (Å²) < 4.78 is 10.5. The highest BCUT2D eigenvalue weighted by atomic mass is 16.5. The summed E-state index contributed by atoms with van der Waals surface area (Å²) in [7, 11) is 1.66. The fraction of sp³-hybridized carbons (Fsp3) is 0.294. The van der Waals surface area contributed by atoms with E-state index in [1.54, 1.807) is 7.11 Å². The Balaban J connectivity index is 1.88. The fourth-order valence-electron chi connectivity index (χ4n) is 1.91. The van der Waals surface area contributed by atoms with E-state index in [0.717, 1.165) is 29.1 Å². The Kier molecular flexibility index (Phi) is 6.06. The molecule has 4 nitrogen and oxygen atoms in total. The van der Waals surface area contributed by atoms with Crippen LogP contribution in [0.15, 0.2) is 48.5 Å². The molecule has 0 saturated heterocycles. The maximum absolute atomic E-state index is 9.02. The standard InChI is InChI=1S/C17H21NO3/c1-20-9-10-21-17-4-2-3-16(11-17)18-12-14-5-7-15(13-19)8-6-14/h2-8,11,18-19H,9-10,12-13H2,1H3. The lowest BCUT2D eigenvalue weighted by molar-refractivity contribution is 0.146. The number of hydrogen-bond acceptors (Lipinski definition) is 4. The highest BCUT2D eigenvalue weighted by Gasteiger charge is 1.98. The molecule has 0 fully saturated rings. The topological polar surface area (TPSA) is 50.7 Å². The molecule has 0 bridgehead atoms. The van der Waals surface area contributed by atoms with Gasteiger partial charge in [-0.25, -0.2) is 0 Å². The predicted octanol–water partition coefficient (Wildman–Crippen LogP) is 2.82. The predicted molar refractivity (Wildman–Crippen MR) is 83.5 cm³/mol. The summed E-state index contributed by atoms with van der Waals surface area (Å²) in [6.07, 6.45) is 0. The quantitative estimate of drug-likeness (QED) is 0.733. The van der Waals surface area contributed by atoms with Gasteiger partial charge in [-0.1, -0.05) is 30.3 Å². The van der Waals surface area contributed by atoms with Crippen LogP contribution in [0.2, 0.25) is 0 Å². The van der Waals surface area contributed by atoms with Gasteiger partial charge in [0.1, 0.15) is 12.4 Å².